The lowest BCUT2D eigenvalue weighted by molar-refractivity contribution is -0.121. The molecule has 1 unspecified atom stereocenters. The van der Waals surface area contributed by atoms with Crippen LogP contribution in [-0.2, 0) is 17.0 Å². The minimum atomic E-state index is -0.318. The number of halogens is 1. The van der Waals surface area contributed by atoms with Crippen LogP contribution in [0.15, 0.2) is 64.5 Å². The van der Waals surface area contributed by atoms with Gasteiger partial charge in [0.15, 0.2) is 5.16 Å². The van der Waals surface area contributed by atoms with Gasteiger partial charge in [0, 0.05) is 17.0 Å². The second kappa shape index (κ2) is 9.52. The Balaban J connectivity index is 1.63. The van der Waals surface area contributed by atoms with Crippen LogP contribution in [0.4, 0.5) is 4.39 Å². The molecule has 0 saturated heterocycles. The lowest BCUT2D eigenvalue weighted by Gasteiger charge is -2.14. The molecule has 2 N–H and O–H groups in total. The number of hydrogen-bond donors (Lipinski definition) is 2. The first kappa shape index (κ1) is 20.8. The molecule has 2 aromatic carbocycles. The van der Waals surface area contributed by atoms with Crippen molar-refractivity contribution >= 4 is 17.7 Å². The van der Waals surface area contributed by atoms with Gasteiger partial charge in [-0.15, -0.1) is 0 Å². The summed E-state index contributed by atoms with van der Waals surface area (Å²) in [4.78, 5) is 32.0. The molecule has 29 heavy (non-hydrogen) atoms. The van der Waals surface area contributed by atoms with Crippen LogP contribution in [0.2, 0.25) is 0 Å². The van der Waals surface area contributed by atoms with Gasteiger partial charge in [-0.3, -0.25) is 9.59 Å². The summed E-state index contributed by atoms with van der Waals surface area (Å²) in [6.45, 7) is 3.62. The smallest absolute Gasteiger partial charge is 0.255 e. The van der Waals surface area contributed by atoms with E-state index in [-0.39, 0.29) is 29.7 Å². The molecule has 150 valence electrons. The van der Waals surface area contributed by atoms with Gasteiger partial charge in [0.1, 0.15) is 5.82 Å². The summed E-state index contributed by atoms with van der Waals surface area (Å²) in [7, 11) is 0. The van der Waals surface area contributed by atoms with Crippen molar-refractivity contribution in [3.8, 4) is 0 Å². The van der Waals surface area contributed by atoms with E-state index in [2.05, 4.69) is 15.3 Å². The number of nitrogens with zero attached hydrogens (tertiary/aromatic N) is 1. The molecular formula is C22H22FN3O2S. The van der Waals surface area contributed by atoms with Crippen molar-refractivity contribution in [3.63, 3.8) is 0 Å². The van der Waals surface area contributed by atoms with E-state index < -0.39 is 0 Å². The van der Waals surface area contributed by atoms with Crippen LogP contribution in [0.3, 0.4) is 0 Å². The summed E-state index contributed by atoms with van der Waals surface area (Å²) < 4.78 is 13.0. The maximum absolute atomic E-state index is 13.0. The topological polar surface area (TPSA) is 74.8 Å². The van der Waals surface area contributed by atoms with Crippen LogP contribution in [0.25, 0.3) is 0 Å². The second-order valence-corrected chi connectivity index (χ2v) is 7.69. The zero-order valence-electron chi connectivity index (χ0n) is 16.2. The molecule has 0 aliphatic rings. The number of aryl methyl sites for hydroxylation is 1. The highest BCUT2D eigenvalue weighted by Crippen LogP contribution is 2.19. The number of carbonyl (C=O) groups is 1. The molecule has 0 radical (unpaired) electrons. The average molecular weight is 412 g/mol. The lowest BCUT2D eigenvalue weighted by atomic mass is 10.1. The Kier molecular flexibility index (Phi) is 6.82. The predicted molar refractivity (Wildman–Crippen MR) is 112 cm³/mol. The number of aromatic nitrogens is 2. The van der Waals surface area contributed by atoms with Crippen LogP contribution < -0.4 is 10.9 Å². The van der Waals surface area contributed by atoms with Crippen LogP contribution in [-0.4, -0.2) is 15.9 Å². The van der Waals surface area contributed by atoms with E-state index in [4.69, 9.17) is 0 Å². The maximum Gasteiger partial charge on any atom is 0.255 e. The molecule has 3 rings (SSSR count). The Labute approximate surface area is 172 Å². The highest BCUT2D eigenvalue weighted by Gasteiger charge is 2.15. The first-order valence-corrected chi connectivity index (χ1v) is 10.2. The van der Waals surface area contributed by atoms with Crippen molar-refractivity contribution in [2.75, 3.05) is 0 Å². The number of amides is 1. The molecule has 0 aliphatic carbocycles. The minimum absolute atomic E-state index is 0.0335. The fourth-order valence-electron chi connectivity index (χ4n) is 2.87. The van der Waals surface area contributed by atoms with Crippen LogP contribution in [0, 0.1) is 12.7 Å². The molecule has 1 atom stereocenters. The first-order chi connectivity index (χ1) is 13.9. The number of rotatable bonds is 7. The van der Waals surface area contributed by atoms with Crippen LogP contribution in [0.1, 0.15) is 35.3 Å². The Morgan fingerprint density at radius 1 is 1.17 bits per heavy atom. The average Bonchev–Trinajstić information content (AvgIpc) is 2.71. The fraction of sp³-hybridized carbons (Fsp3) is 0.227. The van der Waals surface area contributed by atoms with Crippen molar-refractivity contribution < 1.29 is 9.18 Å². The van der Waals surface area contributed by atoms with E-state index in [1.165, 1.54) is 23.9 Å². The summed E-state index contributed by atoms with van der Waals surface area (Å²) in [5.41, 5.74) is 2.49. The molecule has 3 aromatic rings. The Hall–Kier alpha value is -2.93. The quantitative estimate of drug-likeness (QED) is 0.456. The highest BCUT2D eigenvalue weighted by molar-refractivity contribution is 7.98. The number of benzene rings is 2. The number of thioether (sulfide) groups is 1. The van der Waals surface area contributed by atoms with Crippen LogP contribution in [0.5, 0.6) is 0 Å². The minimum Gasteiger partial charge on any atom is -0.349 e. The van der Waals surface area contributed by atoms with Gasteiger partial charge >= 0.3 is 0 Å². The summed E-state index contributed by atoms with van der Waals surface area (Å²) in [5, 5.41) is 3.38. The van der Waals surface area contributed by atoms with E-state index in [0.29, 0.717) is 22.2 Å². The molecule has 0 spiro atoms. The van der Waals surface area contributed by atoms with Crippen molar-refractivity contribution in [3.05, 3.63) is 93.2 Å². The SMILES string of the molecule is Cc1nc(SCc2ccc(F)cc2)[nH]c(=O)c1CC(=O)NC(C)c1ccccc1. The standard InChI is InChI=1S/C22H22FN3O2S/c1-14(17-6-4-3-5-7-17)24-20(27)12-19-15(2)25-22(26-21(19)28)29-13-16-8-10-18(23)11-9-16/h3-11,14H,12-13H2,1-2H3,(H,24,27)(H,25,26,28). The van der Waals surface area contributed by atoms with Crippen molar-refractivity contribution in [1.29, 1.82) is 0 Å². The molecule has 7 heteroatoms. The largest absolute Gasteiger partial charge is 0.349 e. The number of hydrogen-bond acceptors (Lipinski definition) is 4. The third-order valence-electron chi connectivity index (χ3n) is 4.50. The van der Waals surface area contributed by atoms with Crippen molar-refractivity contribution in [2.24, 2.45) is 0 Å². The second-order valence-electron chi connectivity index (χ2n) is 6.73. The van der Waals surface area contributed by atoms with Gasteiger partial charge in [-0.25, -0.2) is 9.37 Å². The normalized spacial score (nSPS) is 11.8. The third-order valence-corrected chi connectivity index (χ3v) is 5.45. The van der Waals surface area contributed by atoms with E-state index in [9.17, 15) is 14.0 Å². The maximum atomic E-state index is 13.0. The summed E-state index contributed by atoms with van der Waals surface area (Å²) in [5.74, 6) is 0.0330. The summed E-state index contributed by atoms with van der Waals surface area (Å²) in [6.07, 6.45) is -0.0335. The first-order valence-electron chi connectivity index (χ1n) is 9.23. The molecule has 1 heterocycles. The molecule has 1 aromatic heterocycles. The lowest BCUT2D eigenvalue weighted by Crippen LogP contribution is -2.31. The molecule has 1 amide bonds. The van der Waals surface area contributed by atoms with Gasteiger partial charge in [-0.1, -0.05) is 54.2 Å². The molecule has 5 nitrogen and oxygen atoms in total. The number of H-pyrrole nitrogens is 1. The Morgan fingerprint density at radius 2 is 1.86 bits per heavy atom. The zero-order valence-corrected chi connectivity index (χ0v) is 17.1. The van der Waals surface area contributed by atoms with Gasteiger partial charge in [-0.05, 0) is 37.1 Å². The van der Waals surface area contributed by atoms with E-state index in [0.717, 1.165) is 11.1 Å². The van der Waals surface area contributed by atoms with Gasteiger partial charge in [0.05, 0.1) is 12.5 Å². The highest BCUT2D eigenvalue weighted by atomic mass is 32.2. The van der Waals surface area contributed by atoms with Gasteiger partial charge in [0.2, 0.25) is 5.91 Å². The monoisotopic (exact) mass is 411 g/mol. The molecule has 0 aliphatic heterocycles. The Morgan fingerprint density at radius 3 is 2.52 bits per heavy atom. The fourth-order valence-corrected chi connectivity index (χ4v) is 3.73. The van der Waals surface area contributed by atoms with Crippen molar-refractivity contribution in [1.82, 2.24) is 15.3 Å². The van der Waals surface area contributed by atoms with Gasteiger partial charge in [0.25, 0.3) is 5.56 Å². The summed E-state index contributed by atoms with van der Waals surface area (Å²) in [6, 6.07) is 15.7. The number of nitrogens with one attached hydrogen (secondary N) is 2. The van der Waals surface area contributed by atoms with E-state index >= 15 is 0 Å². The zero-order chi connectivity index (χ0) is 20.8. The van der Waals surface area contributed by atoms with E-state index in [1.54, 1.807) is 19.1 Å². The predicted octanol–water partition coefficient (Wildman–Crippen LogP) is 3.93. The molecule has 0 fully saturated rings. The van der Waals surface area contributed by atoms with Gasteiger partial charge in [-0.2, -0.15) is 0 Å². The number of aromatic amines is 1. The summed E-state index contributed by atoms with van der Waals surface area (Å²) >= 11 is 1.35. The van der Waals surface area contributed by atoms with Gasteiger partial charge < -0.3 is 10.3 Å². The third kappa shape index (κ3) is 5.77. The van der Waals surface area contributed by atoms with Crippen LogP contribution >= 0.6 is 11.8 Å². The molecule has 0 saturated carbocycles. The molecular weight excluding hydrogens is 389 g/mol. The Bertz CT molecular complexity index is 1040. The number of carbonyl (C=O) groups excluding carboxylic acids is 1. The van der Waals surface area contributed by atoms with E-state index in [1.807, 2.05) is 37.3 Å². The van der Waals surface area contributed by atoms with Crippen molar-refractivity contribution in [2.45, 2.75) is 37.2 Å². The molecule has 0 bridgehead atoms.